The van der Waals surface area contributed by atoms with Crippen molar-refractivity contribution in [2.75, 3.05) is 12.3 Å². The van der Waals surface area contributed by atoms with Gasteiger partial charge in [-0.25, -0.2) is 4.98 Å². The van der Waals surface area contributed by atoms with E-state index in [9.17, 15) is 9.59 Å². The Labute approximate surface area is 198 Å². The van der Waals surface area contributed by atoms with Crippen molar-refractivity contribution in [1.82, 2.24) is 25.0 Å². The number of amides is 2. The van der Waals surface area contributed by atoms with Crippen LogP contribution in [0.1, 0.15) is 57.2 Å². The van der Waals surface area contributed by atoms with Crippen LogP contribution in [0.15, 0.2) is 42.7 Å². The van der Waals surface area contributed by atoms with Crippen LogP contribution < -0.4 is 11.1 Å². The van der Waals surface area contributed by atoms with Crippen LogP contribution in [0.2, 0.25) is 0 Å². The van der Waals surface area contributed by atoms with Gasteiger partial charge in [-0.1, -0.05) is 24.3 Å². The van der Waals surface area contributed by atoms with Crippen LogP contribution in [-0.4, -0.2) is 38.0 Å². The molecule has 2 amide bonds. The zero-order valence-corrected chi connectivity index (χ0v) is 19.2. The maximum absolute atomic E-state index is 12.8. The standard InChI is InChI=1S/C26H28N6O2/c1-15-8-16(2-3-17(15)12-31-13-18-9-21(18)26(31)34)11-32-14-19(10-28-32)25(33)30-23-6-5-22-20(23)4-7-24(27)29-22/h2-4,7-8,10,14,18,21,23H,5-6,9,11-13H2,1H3,(H2,27,29)(H,30,33). The maximum Gasteiger partial charge on any atom is 0.254 e. The Morgan fingerprint density at radius 2 is 2.12 bits per heavy atom. The molecule has 8 nitrogen and oxygen atoms in total. The number of aromatic nitrogens is 3. The molecular weight excluding hydrogens is 428 g/mol. The van der Waals surface area contributed by atoms with Gasteiger partial charge in [-0.15, -0.1) is 0 Å². The highest BCUT2D eigenvalue weighted by molar-refractivity contribution is 5.94. The quantitative estimate of drug-likeness (QED) is 0.593. The second kappa shape index (κ2) is 7.97. The normalized spacial score (nSPS) is 22.6. The van der Waals surface area contributed by atoms with Crippen molar-refractivity contribution < 1.29 is 9.59 Å². The second-order valence-corrected chi connectivity index (χ2v) is 9.85. The van der Waals surface area contributed by atoms with Crippen LogP contribution in [0.3, 0.4) is 0 Å². The Morgan fingerprint density at radius 3 is 2.91 bits per heavy atom. The number of nitrogen functional groups attached to an aromatic ring is 1. The first-order valence-corrected chi connectivity index (χ1v) is 11.9. The Balaban J connectivity index is 1.09. The van der Waals surface area contributed by atoms with Crippen molar-refractivity contribution in [2.45, 2.75) is 45.3 Å². The molecule has 3 aromatic rings. The van der Waals surface area contributed by atoms with E-state index < -0.39 is 0 Å². The molecule has 1 saturated carbocycles. The zero-order chi connectivity index (χ0) is 23.4. The fourth-order valence-electron chi connectivity index (χ4n) is 5.37. The van der Waals surface area contributed by atoms with E-state index in [-0.39, 0.29) is 11.9 Å². The van der Waals surface area contributed by atoms with Crippen LogP contribution in [0.4, 0.5) is 5.82 Å². The van der Waals surface area contributed by atoms with Crippen LogP contribution in [0.5, 0.6) is 0 Å². The van der Waals surface area contributed by atoms with E-state index in [1.807, 2.05) is 11.0 Å². The van der Waals surface area contributed by atoms with Crippen molar-refractivity contribution >= 4 is 17.6 Å². The summed E-state index contributed by atoms with van der Waals surface area (Å²) in [5.74, 6) is 1.58. The lowest BCUT2D eigenvalue weighted by atomic mass is 10.0. The van der Waals surface area contributed by atoms with E-state index in [0.29, 0.717) is 42.2 Å². The first kappa shape index (κ1) is 20.9. The van der Waals surface area contributed by atoms with Gasteiger partial charge in [0.05, 0.1) is 24.3 Å². The van der Waals surface area contributed by atoms with Gasteiger partial charge >= 0.3 is 0 Å². The SMILES string of the molecule is Cc1cc(Cn2cc(C(=O)NC3CCc4nc(N)ccc43)cn2)ccc1CN1CC2CC2C1=O. The van der Waals surface area contributed by atoms with Gasteiger partial charge in [-0.05, 0) is 60.4 Å². The second-order valence-electron chi connectivity index (χ2n) is 9.85. The molecule has 1 aromatic carbocycles. The topological polar surface area (TPSA) is 106 Å². The molecule has 174 valence electrons. The van der Waals surface area contributed by atoms with Crippen molar-refractivity contribution in [1.29, 1.82) is 0 Å². The van der Waals surface area contributed by atoms with Crippen molar-refractivity contribution in [3.05, 3.63) is 76.2 Å². The molecule has 0 radical (unpaired) electrons. The van der Waals surface area contributed by atoms with Crippen molar-refractivity contribution in [2.24, 2.45) is 11.8 Å². The Bertz CT molecular complexity index is 1300. The highest BCUT2D eigenvalue weighted by atomic mass is 16.2. The number of aryl methyl sites for hydroxylation is 2. The third-order valence-corrected chi connectivity index (χ3v) is 7.40. The van der Waals surface area contributed by atoms with Gasteiger partial charge in [-0.2, -0.15) is 5.10 Å². The summed E-state index contributed by atoms with van der Waals surface area (Å²) in [5.41, 5.74) is 11.8. The largest absolute Gasteiger partial charge is 0.384 e. The highest BCUT2D eigenvalue weighted by Crippen LogP contribution is 2.46. The molecule has 2 aliphatic carbocycles. The minimum absolute atomic E-state index is 0.0532. The van der Waals surface area contributed by atoms with E-state index in [0.717, 1.165) is 42.6 Å². The predicted molar refractivity (Wildman–Crippen MR) is 127 cm³/mol. The summed E-state index contributed by atoms with van der Waals surface area (Å²) in [4.78, 5) is 31.5. The third-order valence-electron chi connectivity index (χ3n) is 7.40. The van der Waals surface area contributed by atoms with Gasteiger partial charge in [0, 0.05) is 30.9 Å². The maximum atomic E-state index is 12.8. The van der Waals surface area contributed by atoms with E-state index >= 15 is 0 Å². The van der Waals surface area contributed by atoms with E-state index in [1.54, 1.807) is 23.1 Å². The minimum atomic E-state index is -0.138. The smallest absolute Gasteiger partial charge is 0.254 e. The number of nitrogens with two attached hydrogens (primary N) is 1. The molecule has 2 aromatic heterocycles. The average Bonchev–Trinajstić information content (AvgIpc) is 3.10. The number of carbonyl (C=O) groups excluding carboxylic acids is 2. The summed E-state index contributed by atoms with van der Waals surface area (Å²) >= 11 is 0. The lowest BCUT2D eigenvalue weighted by Gasteiger charge is -2.20. The summed E-state index contributed by atoms with van der Waals surface area (Å²) in [5, 5.41) is 7.50. The van der Waals surface area contributed by atoms with Crippen LogP contribution in [-0.2, 0) is 24.3 Å². The Hall–Kier alpha value is -3.68. The summed E-state index contributed by atoms with van der Waals surface area (Å²) in [6.07, 6.45) is 6.11. The number of piperidine rings is 1. The van der Waals surface area contributed by atoms with Crippen molar-refractivity contribution in [3.8, 4) is 0 Å². The number of benzene rings is 1. The molecule has 6 rings (SSSR count). The van der Waals surface area contributed by atoms with Crippen LogP contribution in [0, 0.1) is 18.8 Å². The van der Waals surface area contributed by atoms with Crippen molar-refractivity contribution in [3.63, 3.8) is 0 Å². The number of nitrogens with one attached hydrogen (secondary N) is 1. The third kappa shape index (κ3) is 3.83. The molecule has 3 unspecified atom stereocenters. The van der Waals surface area contributed by atoms with Gasteiger partial charge in [0.25, 0.3) is 5.91 Å². The first-order chi connectivity index (χ1) is 16.4. The minimum Gasteiger partial charge on any atom is -0.384 e. The molecule has 3 heterocycles. The molecule has 0 spiro atoms. The van der Waals surface area contributed by atoms with Gasteiger partial charge in [0.2, 0.25) is 5.91 Å². The lowest BCUT2D eigenvalue weighted by molar-refractivity contribution is -0.130. The van der Waals surface area contributed by atoms with Gasteiger partial charge in [0.15, 0.2) is 0 Å². The molecule has 3 atom stereocenters. The number of nitrogens with zero attached hydrogens (tertiary/aromatic N) is 4. The zero-order valence-electron chi connectivity index (χ0n) is 19.2. The monoisotopic (exact) mass is 456 g/mol. The lowest BCUT2D eigenvalue weighted by Crippen LogP contribution is -2.28. The number of carbonyl (C=O) groups is 2. The predicted octanol–water partition coefficient (Wildman–Crippen LogP) is 2.61. The summed E-state index contributed by atoms with van der Waals surface area (Å²) < 4.78 is 1.78. The number of hydrogen-bond donors (Lipinski definition) is 2. The van der Waals surface area contributed by atoms with Gasteiger partial charge in [-0.3, -0.25) is 14.3 Å². The number of pyridine rings is 1. The molecule has 2 fully saturated rings. The molecule has 1 aliphatic heterocycles. The average molecular weight is 457 g/mol. The fourth-order valence-corrected chi connectivity index (χ4v) is 5.37. The molecule has 3 N–H and O–H groups in total. The molecule has 1 saturated heterocycles. The summed E-state index contributed by atoms with van der Waals surface area (Å²) in [6.45, 7) is 4.26. The Morgan fingerprint density at radius 1 is 1.24 bits per heavy atom. The summed E-state index contributed by atoms with van der Waals surface area (Å²) in [6, 6.07) is 10.0. The highest BCUT2D eigenvalue weighted by Gasteiger charge is 2.51. The number of fused-ring (bicyclic) bond motifs is 2. The number of likely N-dealkylation sites (tertiary alicyclic amines) is 1. The van der Waals surface area contributed by atoms with E-state index in [2.05, 4.69) is 40.5 Å². The van der Waals surface area contributed by atoms with E-state index in [4.69, 9.17) is 5.73 Å². The number of anilines is 1. The van der Waals surface area contributed by atoms with E-state index in [1.165, 1.54) is 11.1 Å². The first-order valence-electron chi connectivity index (χ1n) is 11.9. The van der Waals surface area contributed by atoms with Gasteiger partial charge < -0.3 is 16.0 Å². The number of hydrogen-bond acceptors (Lipinski definition) is 5. The molecular formula is C26H28N6O2. The van der Waals surface area contributed by atoms with Gasteiger partial charge in [0.1, 0.15) is 5.82 Å². The molecule has 0 bridgehead atoms. The number of rotatable bonds is 6. The molecule has 3 aliphatic rings. The molecule has 34 heavy (non-hydrogen) atoms. The van der Waals surface area contributed by atoms with Crippen LogP contribution >= 0.6 is 0 Å². The molecule has 8 heteroatoms. The fraction of sp³-hybridized carbons (Fsp3) is 0.385. The van der Waals surface area contributed by atoms with Crippen LogP contribution in [0.25, 0.3) is 0 Å². The Kier molecular flexibility index (Phi) is 4.90. The summed E-state index contributed by atoms with van der Waals surface area (Å²) in [7, 11) is 0.